The molecule has 1 rings (SSSR count). The topological polar surface area (TPSA) is 92.5 Å². The molecule has 0 aliphatic heterocycles. The SMILES string of the molecule is CC(C)CC(C=O)N(CC(N)=O)C(=O)Nc1ccc(Br)cc1. The minimum absolute atomic E-state index is 0.200. The van der Waals surface area contributed by atoms with Gasteiger partial charge in [0, 0.05) is 10.2 Å². The van der Waals surface area contributed by atoms with Gasteiger partial charge in [0.1, 0.15) is 12.8 Å². The Kier molecular flexibility index (Phi) is 7.04. The van der Waals surface area contributed by atoms with Gasteiger partial charge in [-0.2, -0.15) is 0 Å². The van der Waals surface area contributed by atoms with Crippen LogP contribution in [0.4, 0.5) is 10.5 Å². The van der Waals surface area contributed by atoms with Gasteiger partial charge in [-0.1, -0.05) is 29.8 Å². The normalized spacial score (nSPS) is 11.8. The van der Waals surface area contributed by atoms with Gasteiger partial charge in [-0.3, -0.25) is 4.79 Å². The number of carbonyl (C=O) groups excluding carboxylic acids is 3. The van der Waals surface area contributed by atoms with E-state index in [2.05, 4.69) is 21.2 Å². The lowest BCUT2D eigenvalue weighted by atomic mass is 10.0. The summed E-state index contributed by atoms with van der Waals surface area (Å²) in [6.07, 6.45) is 1.13. The number of anilines is 1. The van der Waals surface area contributed by atoms with Crippen molar-refractivity contribution in [1.82, 2.24) is 4.90 Å². The molecule has 0 saturated heterocycles. The Morgan fingerprint density at radius 3 is 2.36 bits per heavy atom. The summed E-state index contributed by atoms with van der Waals surface area (Å²) in [5, 5.41) is 2.66. The molecule has 1 unspecified atom stereocenters. The van der Waals surface area contributed by atoms with Crippen molar-refractivity contribution in [2.24, 2.45) is 11.7 Å². The number of halogens is 1. The molecule has 3 amide bonds. The van der Waals surface area contributed by atoms with E-state index in [9.17, 15) is 14.4 Å². The van der Waals surface area contributed by atoms with Crippen LogP contribution in [0.15, 0.2) is 28.7 Å². The standard InChI is InChI=1S/C15H20BrN3O3/c1-10(2)7-13(9-20)19(8-14(17)21)15(22)18-12-5-3-11(16)4-6-12/h3-6,9-10,13H,7-8H2,1-2H3,(H2,17,21)(H,18,22). The molecule has 1 aromatic carbocycles. The largest absolute Gasteiger partial charge is 0.368 e. The van der Waals surface area contributed by atoms with E-state index < -0.39 is 18.0 Å². The summed E-state index contributed by atoms with van der Waals surface area (Å²) in [5.41, 5.74) is 5.75. The van der Waals surface area contributed by atoms with Gasteiger partial charge in [-0.15, -0.1) is 0 Å². The van der Waals surface area contributed by atoms with E-state index in [0.717, 1.165) is 9.37 Å². The van der Waals surface area contributed by atoms with Crippen LogP contribution in [0.3, 0.4) is 0 Å². The quantitative estimate of drug-likeness (QED) is 0.722. The van der Waals surface area contributed by atoms with Crippen molar-refractivity contribution < 1.29 is 14.4 Å². The maximum atomic E-state index is 12.4. The average molecular weight is 370 g/mol. The third-order valence-corrected chi connectivity index (χ3v) is 3.48. The number of hydrogen-bond donors (Lipinski definition) is 2. The Balaban J connectivity index is 2.89. The summed E-state index contributed by atoms with van der Waals surface area (Å²) in [6, 6.07) is 5.76. The maximum Gasteiger partial charge on any atom is 0.322 e. The Hall–Kier alpha value is -1.89. The smallest absolute Gasteiger partial charge is 0.322 e. The number of nitrogens with two attached hydrogens (primary N) is 1. The van der Waals surface area contributed by atoms with Crippen LogP contribution in [0, 0.1) is 5.92 Å². The molecule has 0 saturated carbocycles. The van der Waals surface area contributed by atoms with Crippen LogP contribution < -0.4 is 11.1 Å². The number of nitrogens with one attached hydrogen (secondary N) is 1. The van der Waals surface area contributed by atoms with Gasteiger partial charge in [0.15, 0.2) is 0 Å². The molecular formula is C15H20BrN3O3. The number of aldehydes is 1. The molecule has 7 heteroatoms. The van der Waals surface area contributed by atoms with Crippen molar-refractivity contribution in [3.05, 3.63) is 28.7 Å². The summed E-state index contributed by atoms with van der Waals surface area (Å²) in [7, 11) is 0. The van der Waals surface area contributed by atoms with Crippen molar-refractivity contribution in [3.8, 4) is 0 Å². The third-order valence-electron chi connectivity index (χ3n) is 2.95. The summed E-state index contributed by atoms with van der Waals surface area (Å²) in [5.74, 6) is -0.465. The van der Waals surface area contributed by atoms with Gasteiger partial charge in [0.05, 0.1) is 6.04 Å². The molecule has 0 bridgehead atoms. The Morgan fingerprint density at radius 2 is 1.91 bits per heavy atom. The van der Waals surface area contributed by atoms with Crippen LogP contribution in [0.2, 0.25) is 0 Å². The number of primary amides is 1. The van der Waals surface area contributed by atoms with E-state index in [1.807, 2.05) is 13.8 Å². The van der Waals surface area contributed by atoms with Crippen LogP contribution in [-0.4, -0.2) is 35.7 Å². The first-order chi connectivity index (χ1) is 10.3. The fourth-order valence-electron chi connectivity index (χ4n) is 1.98. The molecule has 120 valence electrons. The third kappa shape index (κ3) is 5.85. The number of hydrogen-bond acceptors (Lipinski definition) is 3. The van der Waals surface area contributed by atoms with Crippen molar-refractivity contribution >= 4 is 39.8 Å². The first-order valence-corrected chi connectivity index (χ1v) is 7.69. The number of nitrogens with zero attached hydrogens (tertiary/aromatic N) is 1. The molecule has 0 heterocycles. The monoisotopic (exact) mass is 369 g/mol. The van der Waals surface area contributed by atoms with Gasteiger partial charge in [-0.05, 0) is 36.6 Å². The summed E-state index contributed by atoms with van der Waals surface area (Å²) >= 11 is 3.30. The van der Waals surface area contributed by atoms with Crippen LogP contribution in [0.25, 0.3) is 0 Å². The van der Waals surface area contributed by atoms with Crippen molar-refractivity contribution in [2.75, 3.05) is 11.9 Å². The highest BCUT2D eigenvalue weighted by Gasteiger charge is 2.25. The second-order valence-electron chi connectivity index (χ2n) is 5.36. The van der Waals surface area contributed by atoms with Gasteiger partial charge in [0.25, 0.3) is 0 Å². The van der Waals surface area contributed by atoms with Gasteiger partial charge in [-0.25, -0.2) is 4.79 Å². The van der Waals surface area contributed by atoms with Crippen molar-refractivity contribution in [3.63, 3.8) is 0 Å². The predicted octanol–water partition coefficient (Wildman–Crippen LogP) is 2.38. The lowest BCUT2D eigenvalue weighted by Crippen LogP contribution is -2.48. The minimum Gasteiger partial charge on any atom is -0.368 e. The highest BCUT2D eigenvalue weighted by atomic mass is 79.9. The van der Waals surface area contributed by atoms with Gasteiger partial charge in [0.2, 0.25) is 5.91 Å². The first-order valence-electron chi connectivity index (χ1n) is 6.90. The molecule has 6 nitrogen and oxygen atoms in total. The molecule has 1 atom stereocenters. The van der Waals surface area contributed by atoms with E-state index in [4.69, 9.17) is 5.73 Å². The van der Waals surface area contributed by atoms with E-state index in [1.165, 1.54) is 0 Å². The molecule has 0 aliphatic rings. The number of carbonyl (C=O) groups is 3. The second-order valence-corrected chi connectivity index (χ2v) is 6.28. The molecule has 0 fully saturated rings. The zero-order valence-corrected chi connectivity index (χ0v) is 14.2. The molecule has 22 heavy (non-hydrogen) atoms. The molecule has 3 N–H and O–H groups in total. The summed E-state index contributed by atoms with van der Waals surface area (Å²) in [6.45, 7) is 3.57. The molecule has 0 aromatic heterocycles. The van der Waals surface area contributed by atoms with E-state index in [-0.39, 0.29) is 12.5 Å². The average Bonchev–Trinajstić information content (AvgIpc) is 2.44. The second kappa shape index (κ2) is 8.53. The molecular weight excluding hydrogens is 350 g/mol. The van der Waals surface area contributed by atoms with Crippen LogP contribution >= 0.6 is 15.9 Å². The Labute approximate surface area is 138 Å². The molecule has 0 spiro atoms. The number of benzene rings is 1. The van der Waals surface area contributed by atoms with E-state index in [0.29, 0.717) is 18.4 Å². The maximum absolute atomic E-state index is 12.4. The van der Waals surface area contributed by atoms with Gasteiger partial charge >= 0.3 is 6.03 Å². The van der Waals surface area contributed by atoms with E-state index in [1.54, 1.807) is 24.3 Å². The molecule has 1 aromatic rings. The zero-order valence-electron chi connectivity index (χ0n) is 12.6. The van der Waals surface area contributed by atoms with Crippen LogP contribution in [-0.2, 0) is 9.59 Å². The molecule has 0 radical (unpaired) electrons. The fraction of sp³-hybridized carbons (Fsp3) is 0.400. The lowest BCUT2D eigenvalue weighted by molar-refractivity contribution is -0.120. The minimum atomic E-state index is -0.692. The summed E-state index contributed by atoms with van der Waals surface area (Å²) in [4.78, 5) is 36.0. The Bertz CT molecular complexity index is 531. The molecule has 0 aliphatic carbocycles. The lowest BCUT2D eigenvalue weighted by Gasteiger charge is -2.28. The van der Waals surface area contributed by atoms with E-state index >= 15 is 0 Å². The van der Waals surface area contributed by atoms with Crippen molar-refractivity contribution in [2.45, 2.75) is 26.3 Å². The van der Waals surface area contributed by atoms with Crippen LogP contribution in [0.1, 0.15) is 20.3 Å². The summed E-state index contributed by atoms with van der Waals surface area (Å²) < 4.78 is 0.880. The van der Waals surface area contributed by atoms with Crippen molar-refractivity contribution in [1.29, 1.82) is 0 Å². The number of amides is 3. The highest BCUT2D eigenvalue weighted by molar-refractivity contribution is 9.10. The van der Waals surface area contributed by atoms with Gasteiger partial charge < -0.3 is 20.7 Å². The Morgan fingerprint density at radius 1 is 1.32 bits per heavy atom. The number of urea groups is 1. The fourth-order valence-corrected chi connectivity index (χ4v) is 2.24. The highest BCUT2D eigenvalue weighted by Crippen LogP contribution is 2.16. The number of rotatable bonds is 7. The van der Waals surface area contributed by atoms with Crippen LogP contribution in [0.5, 0.6) is 0 Å². The zero-order chi connectivity index (χ0) is 16.7. The first kappa shape index (κ1) is 18.2. The predicted molar refractivity (Wildman–Crippen MR) is 88.4 cm³/mol.